The molecule has 0 bridgehead atoms. The summed E-state index contributed by atoms with van der Waals surface area (Å²) in [5.74, 6) is -1.82. The van der Waals surface area contributed by atoms with E-state index in [-0.39, 0.29) is 5.75 Å². The van der Waals surface area contributed by atoms with Gasteiger partial charge >= 0.3 is 10.1 Å². The Morgan fingerprint density at radius 3 is 2.05 bits per heavy atom. The lowest BCUT2D eigenvalue weighted by atomic mass is 10.3. The lowest BCUT2D eigenvalue weighted by molar-refractivity contribution is 0.413. The Balaban J connectivity index is 2.27. The number of rotatable bonds is 4. The van der Waals surface area contributed by atoms with E-state index in [0.29, 0.717) is 11.8 Å². The summed E-state index contributed by atoms with van der Waals surface area (Å²) in [6.07, 6.45) is 0. The second-order valence-corrected chi connectivity index (χ2v) is 5.34. The van der Waals surface area contributed by atoms with Gasteiger partial charge in [0.15, 0.2) is 11.6 Å². The molecule has 0 unspecified atom stereocenters. The first-order valence-corrected chi connectivity index (χ1v) is 6.87. The van der Waals surface area contributed by atoms with Crippen molar-refractivity contribution in [3.05, 3.63) is 54.1 Å². The number of ether oxygens (including phenoxy) is 1. The number of halogens is 2. The number of hydrogen-bond acceptors (Lipinski definition) is 4. The van der Waals surface area contributed by atoms with Crippen LogP contribution in [0.5, 0.6) is 11.5 Å². The van der Waals surface area contributed by atoms with E-state index in [1.807, 2.05) is 0 Å². The minimum absolute atomic E-state index is 0.0375. The highest BCUT2D eigenvalue weighted by Crippen LogP contribution is 2.22. The molecule has 0 aromatic heterocycles. The van der Waals surface area contributed by atoms with Gasteiger partial charge in [-0.1, -0.05) is 0 Å². The van der Waals surface area contributed by atoms with E-state index in [9.17, 15) is 17.2 Å². The van der Waals surface area contributed by atoms with Crippen LogP contribution < -0.4 is 8.92 Å². The van der Waals surface area contributed by atoms with Crippen molar-refractivity contribution < 1.29 is 26.1 Å². The average Bonchev–Trinajstić information content (AvgIpc) is 2.42. The topological polar surface area (TPSA) is 52.6 Å². The third-order valence-electron chi connectivity index (χ3n) is 2.45. The smallest absolute Gasteiger partial charge is 0.339 e. The molecule has 0 radical (unpaired) electrons. The van der Waals surface area contributed by atoms with Crippen molar-refractivity contribution in [3.63, 3.8) is 0 Å². The average molecular weight is 300 g/mol. The Bertz CT molecular complexity index is 712. The van der Waals surface area contributed by atoms with Gasteiger partial charge in [-0.15, -0.1) is 0 Å². The van der Waals surface area contributed by atoms with Crippen molar-refractivity contribution in [1.29, 1.82) is 0 Å². The Kier molecular flexibility index (Phi) is 3.89. The standard InChI is InChI=1S/C13H10F2O4S/c1-18-9-2-4-10(5-3-9)19-20(16,17)11-6-7-12(14)13(15)8-11/h2-8H,1H3. The van der Waals surface area contributed by atoms with Gasteiger partial charge in [0.05, 0.1) is 7.11 Å². The molecule has 0 amide bonds. The van der Waals surface area contributed by atoms with Crippen LogP contribution >= 0.6 is 0 Å². The number of hydrogen-bond donors (Lipinski definition) is 0. The fraction of sp³-hybridized carbons (Fsp3) is 0.0769. The first-order chi connectivity index (χ1) is 9.42. The number of methoxy groups -OCH3 is 1. The maximum atomic E-state index is 13.0. The van der Waals surface area contributed by atoms with Gasteiger partial charge in [-0.25, -0.2) is 8.78 Å². The minimum Gasteiger partial charge on any atom is -0.497 e. The summed E-state index contributed by atoms with van der Waals surface area (Å²) in [6, 6.07) is 8.00. The van der Waals surface area contributed by atoms with E-state index in [1.165, 1.54) is 31.4 Å². The molecule has 0 aliphatic heterocycles. The van der Waals surface area contributed by atoms with E-state index in [1.54, 1.807) is 0 Å². The van der Waals surface area contributed by atoms with Crippen LogP contribution in [0.25, 0.3) is 0 Å². The van der Waals surface area contributed by atoms with Crippen LogP contribution in [0.15, 0.2) is 47.4 Å². The van der Waals surface area contributed by atoms with Gasteiger partial charge in [0.25, 0.3) is 0 Å². The van der Waals surface area contributed by atoms with Crippen molar-refractivity contribution >= 4 is 10.1 Å². The van der Waals surface area contributed by atoms with Crippen LogP contribution in [0.1, 0.15) is 0 Å². The molecule has 2 aromatic rings. The van der Waals surface area contributed by atoms with E-state index in [2.05, 4.69) is 0 Å². The molecule has 4 nitrogen and oxygen atoms in total. The van der Waals surface area contributed by atoms with Gasteiger partial charge in [-0.2, -0.15) is 8.42 Å². The van der Waals surface area contributed by atoms with Crippen LogP contribution in [0.4, 0.5) is 8.78 Å². The third-order valence-corrected chi connectivity index (χ3v) is 3.69. The minimum atomic E-state index is -4.22. The molecule has 7 heteroatoms. The van der Waals surface area contributed by atoms with Crippen molar-refractivity contribution in [3.8, 4) is 11.5 Å². The quantitative estimate of drug-likeness (QED) is 0.815. The van der Waals surface area contributed by atoms with Crippen molar-refractivity contribution in [2.75, 3.05) is 7.11 Å². The predicted octanol–water partition coefficient (Wildman–Crippen LogP) is 2.74. The molecule has 0 aliphatic rings. The highest BCUT2D eigenvalue weighted by atomic mass is 32.2. The van der Waals surface area contributed by atoms with Crippen LogP contribution in [-0.2, 0) is 10.1 Å². The lowest BCUT2D eigenvalue weighted by Gasteiger charge is -2.08. The molecule has 0 fully saturated rings. The summed E-state index contributed by atoms with van der Waals surface area (Å²) in [6.45, 7) is 0. The molecule has 0 spiro atoms. The zero-order valence-electron chi connectivity index (χ0n) is 10.3. The first kappa shape index (κ1) is 14.3. The fourth-order valence-corrected chi connectivity index (χ4v) is 2.38. The fourth-order valence-electron chi connectivity index (χ4n) is 1.44. The summed E-state index contributed by atoms with van der Waals surface area (Å²) < 4.78 is 59.3. The summed E-state index contributed by atoms with van der Waals surface area (Å²) in [5.41, 5.74) is 0. The predicted molar refractivity (Wildman–Crippen MR) is 67.2 cm³/mol. The Morgan fingerprint density at radius 2 is 1.50 bits per heavy atom. The van der Waals surface area contributed by atoms with Crippen LogP contribution in [0, 0.1) is 11.6 Å². The molecule has 20 heavy (non-hydrogen) atoms. The molecular weight excluding hydrogens is 290 g/mol. The molecule has 106 valence electrons. The first-order valence-electron chi connectivity index (χ1n) is 5.46. The van der Waals surface area contributed by atoms with Gasteiger partial charge in [-0.05, 0) is 42.5 Å². The van der Waals surface area contributed by atoms with E-state index >= 15 is 0 Å². The van der Waals surface area contributed by atoms with Gasteiger partial charge in [-0.3, -0.25) is 0 Å². The zero-order valence-corrected chi connectivity index (χ0v) is 11.2. The molecule has 0 saturated heterocycles. The highest BCUT2D eigenvalue weighted by Gasteiger charge is 2.18. The van der Waals surface area contributed by atoms with E-state index in [4.69, 9.17) is 8.92 Å². The molecule has 2 rings (SSSR count). The molecule has 2 aromatic carbocycles. The Hall–Kier alpha value is -2.15. The molecule has 0 atom stereocenters. The molecular formula is C13H10F2O4S. The Morgan fingerprint density at radius 1 is 0.900 bits per heavy atom. The maximum absolute atomic E-state index is 13.0. The SMILES string of the molecule is COc1ccc(OS(=O)(=O)c2ccc(F)c(F)c2)cc1. The molecule has 0 aliphatic carbocycles. The molecule has 0 saturated carbocycles. The summed E-state index contributed by atoms with van der Waals surface area (Å²) >= 11 is 0. The highest BCUT2D eigenvalue weighted by molar-refractivity contribution is 7.87. The lowest BCUT2D eigenvalue weighted by Crippen LogP contribution is -2.10. The maximum Gasteiger partial charge on any atom is 0.339 e. The van der Waals surface area contributed by atoms with Gasteiger partial charge in [0.2, 0.25) is 0 Å². The molecule has 0 N–H and O–H groups in total. The van der Waals surface area contributed by atoms with Gasteiger partial charge in [0.1, 0.15) is 16.4 Å². The third kappa shape index (κ3) is 3.05. The second-order valence-electron chi connectivity index (χ2n) is 3.79. The van der Waals surface area contributed by atoms with Crippen LogP contribution in [0.3, 0.4) is 0 Å². The largest absolute Gasteiger partial charge is 0.497 e. The van der Waals surface area contributed by atoms with E-state index < -0.39 is 26.6 Å². The molecule has 0 heterocycles. The summed E-state index contributed by atoms with van der Waals surface area (Å²) in [5, 5.41) is 0. The van der Waals surface area contributed by atoms with Gasteiger partial charge < -0.3 is 8.92 Å². The van der Waals surface area contributed by atoms with Crippen molar-refractivity contribution in [1.82, 2.24) is 0 Å². The second kappa shape index (κ2) is 5.46. The monoisotopic (exact) mass is 300 g/mol. The normalized spacial score (nSPS) is 11.2. The van der Waals surface area contributed by atoms with Crippen molar-refractivity contribution in [2.45, 2.75) is 4.90 Å². The summed E-state index contributed by atoms with van der Waals surface area (Å²) in [7, 11) is -2.75. The number of benzene rings is 2. The summed E-state index contributed by atoms with van der Waals surface area (Å²) in [4.78, 5) is -0.466. The van der Waals surface area contributed by atoms with Gasteiger partial charge in [0, 0.05) is 0 Å². The van der Waals surface area contributed by atoms with E-state index in [0.717, 1.165) is 12.1 Å². The zero-order chi connectivity index (χ0) is 14.8. The van der Waals surface area contributed by atoms with Crippen LogP contribution in [0.2, 0.25) is 0 Å². The van der Waals surface area contributed by atoms with Crippen LogP contribution in [-0.4, -0.2) is 15.5 Å². The van der Waals surface area contributed by atoms with Crippen molar-refractivity contribution in [2.24, 2.45) is 0 Å². The Labute approximate surface area is 114 Å².